The molecule has 0 bridgehead atoms. The van der Waals surface area contributed by atoms with Crippen LogP contribution in [0.1, 0.15) is 30.5 Å². The van der Waals surface area contributed by atoms with Crippen LogP contribution in [-0.2, 0) is 6.42 Å². The van der Waals surface area contributed by atoms with Crippen LogP contribution in [0.4, 0.5) is 0 Å². The highest BCUT2D eigenvalue weighted by Gasteiger charge is 2.06. The SMILES string of the molecule is CCc1ccc(C(CCS)NC)cc1. The lowest BCUT2D eigenvalue weighted by molar-refractivity contribution is 0.581. The average molecular weight is 209 g/mol. The first-order chi connectivity index (χ1) is 6.81. The van der Waals surface area contributed by atoms with Gasteiger partial charge in [0.05, 0.1) is 0 Å². The van der Waals surface area contributed by atoms with Gasteiger partial charge in [-0.2, -0.15) is 12.6 Å². The van der Waals surface area contributed by atoms with Crippen molar-refractivity contribution in [1.82, 2.24) is 5.32 Å². The second-order valence-electron chi connectivity index (χ2n) is 3.45. The van der Waals surface area contributed by atoms with Crippen molar-refractivity contribution >= 4 is 12.6 Å². The predicted octanol–water partition coefficient (Wildman–Crippen LogP) is 2.83. The first-order valence-electron chi connectivity index (χ1n) is 5.18. The van der Waals surface area contributed by atoms with E-state index < -0.39 is 0 Å². The summed E-state index contributed by atoms with van der Waals surface area (Å²) in [6, 6.07) is 9.28. The third-order valence-electron chi connectivity index (χ3n) is 2.56. The lowest BCUT2D eigenvalue weighted by Gasteiger charge is -2.15. The third-order valence-corrected chi connectivity index (χ3v) is 2.81. The van der Waals surface area contributed by atoms with E-state index in [1.807, 2.05) is 7.05 Å². The number of aryl methyl sites for hydroxylation is 1. The van der Waals surface area contributed by atoms with Gasteiger partial charge < -0.3 is 5.32 Å². The van der Waals surface area contributed by atoms with Crippen molar-refractivity contribution in [3.05, 3.63) is 35.4 Å². The Kier molecular flexibility index (Phi) is 5.05. The first-order valence-corrected chi connectivity index (χ1v) is 5.82. The van der Waals surface area contributed by atoms with Crippen LogP contribution in [0.5, 0.6) is 0 Å². The van der Waals surface area contributed by atoms with E-state index in [4.69, 9.17) is 0 Å². The summed E-state index contributed by atoms with van der Waals surface area (Å²) in [6.07, 6.45) is 2.18. The van der Waals surface area contributed by atoms with Crippen LogP contribution in [0.3, 0.4) is 0 Å². The highest BCUT2D eigenvalue weighted by Crippen LogP contribution is 2.17. The minimum atomic E-state index is 0.443. The van der Waals surface area contributed by atoms with Gasteiger partial charge >= 0.3 is 0 Å². The second kappa shape index (κ2) is 6.10. The molecule has 0 spiro atoms. The highest BCUT2D eigenvalue weighted by molar-refractivity contribution is 7.80. The van der Waals surface area contributed by atoms with Gasteiger partial charge in [0.15, 0.2) is 0 Å². The summed E-state index contributed by atoms with van der Waals surface area (Å²) >= 11 is 4.26. The van der Waals surface area contributed by atoms with Crippen molar-refractivity contribution in [2.45, 2.75) is 25.8 Å². The molecule has 1 aromatic carbocycles. The maximum absolute atomic E-state index is 4.26. The van der Waals surface area contributed by atoms with Crippen LogP contribution in [0.25, 0.3) is 0 Å². The van der Waals surface area contributed by atoms with Crippen LogP contribution in [-0.4, -0.2) is 12.8 Å². The molecular formula is C12H19NS. The van der Waals surface area contributed by atoms with Gasteiger partial charge in [-0.25, -0.2) is 0 Å². The molecule has 0 fully saturated rings. The molecule has 2 heteroatoms. The van der Waals surface area contributed by atoms with Crippen LogP contribution < -0.4 is 5.32 Å². The number of thiol groups is 1. The first kappa shape index (κ1) is 11.6. The standard InChI is InChI=1S/C12H19NS/c1-3-10-4-6-11(7-5-10)12(13-2)8-9-14/h4-7,12-14H,3,8-9H2,1-2H3. The van der Waals surface area contributed by atoms with Crippen molar-refractivity contribution in [3.8, 4) is 0 Å². The van der Waals surface area contributed by atoms with E-state index in [-0.39, 0.29) is 0 Å². The fourth-order valence-electron chi connectivity index (χ4n) is 1.59. The Labute approximate surface area is 92.3 Å². The molecule has 78 valence electrons. The average Bonchev–Trinajstić information content (AvgIpc) is 2.26. The van der Waals surface area contributed by atoms with Gasteiger partial charge in [0.2, 0.25) is 0 Å². The molecule has 1 atom stereocenters. The smallest absolute Gasteiger partial charge is 0.0325 e. The Bertz CT molecular complexity index is 256. The lowest BCUT2D eigenvalue weighted by Crippen LogP contribution is -2.16. The normalized spacial score (nSPS) is 12.8. The Morgan fingerprint density at radius 3 is 2.36 bits per heavy atom. The summed E-state index contributed by atoms with van der Waals surface area (Å²) < 4.78 is 0. The molecule has 0 amide bonds. The Hall–Kier alpha value is -0.470. The molecule has 0 aromatic heterocycles. The molecule has 14 heavy (non-hydrogen) atoms. The minimum Gasteiger partial charge on any atom is -0.313 e. The predicted molar refractivity (Wildman–Crippen MR) is 66.1 cm³/mol. The highest BCUT2D eigenvalue weighted by atomic mass is 32.1. The zero-order chi connectivity index (χ0) is 10.4. The molecule has 1 N–H and O–H groups in total. The summed E-state index contributed by atoms with van der Waals surface area (Å²) in [7, 11) is 2.00. The van der Waals surface area contributed by atoms with Crippen LogP contribution in [0.2, 0.25) is 0 Å². The summed E-state index contributed by atoms with van der Waals surface area (Å²) in [4.78, 5) is 0. The van der Waals surface area contributed by atoms with E-state index in [9.17, 15) is 0 Å². The van der Waals surface area contributed by atoms with E-state index in [1.54, 1.807) is 0 Å². The zero-order valence-electron chi connectivity index (χ0n) is 8.96. The van der Waals surface area contributed by atoms with E-state index in [0.717, 1.165) is 18.6 Å². The van der Waals surface area contributed by atoms with Crippen molar-refractivity contribution in [2.75, 3.05) is 12.8 Å². The third kappa shape index (κ3) is 3.03. The van der Waals surface area contributed by atoms with Gasteiger partial charge in [-0.15, -0.1) is 0 Å². The van der Waals surface area contributed by atoms with Crippen molar-refractivity contribution in [2.24, 2.45) is 0 Å². The van der Waals surface area contributed by atoms with Gasteiger partial charge in [0, 0.05) is 6.04 Å². The fourth-order valence-corrected chi connectivity index (χ4v) is 1.85. The summed E-state index contributed by atoms with van der Waals surface area (Å²) in [5, 5.41) is 3.31. The fraction of sp³-hybridized carbons (Fsp3) is 0.500. The van der Waals surface area contributed by atoms with Crippen molar-refractivity contribution < 1.29 is 0 Å². The van der Waals surface area contributed by atoms with Crippen LogP contribution in [0, 0.1) is 0 Å². The van der Waals surface area contributed by atoms with Crippen molar-refractivity contribution in [3.63, 3.8) is 0 Å². The molecule has 1 rings (SSSR count). The number of hydrogen-bond donors (Lipinski definition) is 2. The van der Waals surface area contributed by atoms with Gasteiger partial charge in [0.25, 0.3) is 0 Å². The maximum Gasteiger partial charge on any atom is 0.0325 e. The van der Waals surface area contributed by atoms with E-state index in [2.05, 4.69) is 49.1 Å². The largest absolute Gasteiger partial charge is 0.313 e. The summed E-state index contributed by atoms with van der Waals surface area (Å²) in [6.45, 7) is 2.18. The molecule has 0 radical (unpaired) electrons. The quantitative estimate of drug-likeness (QED) is 0.711. The Balaban J connectivity index is 2.73. The Morgan fingerprint density at radius 1 is 1.29 bits per heavy atom. The molecule has 0 saturated heterocycles. The lowest BCUT2D eigenvalue weighted by atomic mass is 10.0. The van der Waals surface area contributed by atoms with Crippen LogP contribution >= 0.6 is 12.6 Å². The number of hydrogen-bond acceptors (Lipinski definition) is 2. The zero-order valence-corrected chi connectivity index (χ0v) is 9.85. The number of benzene rings is 1. The van der Waals surface area contributed by atoms with Gasteiger partial charge in [-0.1, -0.05) is 31.2 Å². The number of nitrogens with one attached hydrogen (secondary N) is 1. The molecule has 0 saturated carbocycles. The molecule has 0 heterocycles. The maximum atomic E-state index is 4.26. The summed E-state index contributed by atoms with van der Waals surface area (Å²) in [5.41, 5.74) is 2.76. The van der Waals surface area contributed by atoms with E-state index >= 15 is 0 Å². The monoisotopic (exact) mass is 209 g/mol. The van der Waals surface area contributed by atoms with Gasteiger partial charge in [-0.3, -0.25) is 0 Å². The van der Waals surface area contributed by atoms with Crippen molar-refractivity contribution in [1.29, 1.82) is 0 Å². The molecule has 0 aliphatic rings. The second-order valence-corrected chi connectivity index (χ2v) is 3.90. The van der Waals surface area contributed by atoms with Gasteiger partial charge in [-0.05, 0) is 36.8 Å². The number of rotatable bonds is 5. The molecular weight excluding hydrogens is 190 g/mol. The Morgan fingerprint density at radius 2 is 1.93 bits per heavy atom. The minimum absolute atomic E-state index is 0.443. The topological polar surface area (TPSA) is 12.0 Å². The molecule has 1 unspecified atom stereocenters. The molecule has 0 aliphatic heterocycles. The van der Waals surface area contributed by atoms with Gasteiger partial charge in [0.1, 0.15) is 0 Å². The summed E-state index contributed by atoms with van der Waals surface area (Å²) in [5.74, 6) is 0.918. The van der Waals surface area contributed by atoms with E-state index in [0.29, 0.717) is 6.04 Å². The molecule has 1 nitrogen and oxygen atoms in total. The van der Waals surface area contributed by atoms with E-state index in [1.165, 1.54) is 11.1 Å². The molecule has 1 aromatic rings. The molecule has 0 aliphatic carbocycles. The van der Waals surface area contributed by atoms with Crippen LogP contribution in [0.15, 0.2) is 24.3 Å².